The number of rotatable bonds is 10. The van der Waals surface area contributed by atoms with E-state index in [1.54, 1.807) is 6.21 Å². The highest BCUT2D eigenvalue weighted by Crippen LogP contribution is 2.28. The second-order valence-electron chi connectivity index (χ2n) is 6.60. The predicted molar refractivity (Wildman–Crippen MR) is 124 cm³/mol. The molecule has 0 unspecified atom stereocenters. The summed E-state index contributed by atoms with van der Waals surface area (Å²) in [5.41, 5.74) is 10.9. The highest BCUT2D eigenvalue weighted by atomic mass is 32.1. The van der Waals surface area contributed by atoms with Gasteiger partial charge < -0.3 is 15.2 Å². The Morgan fingerprint density at radius 2 is 1.97 bits per heavy atom. The van der Waals surface area contributed by atoms with Gasteiger partial charge in [-0.1, -0.05) is 48.6 Å². The van der Waals surface area contributed by atoms with Crippen LogP contribution in [0, 0.1) is 0 Å². The first-order chi connectivity index (χ1) is 15.1. The first-order valence-electron chi connectivity index (χ1n) is 10.1. The van der Waals surface area contributed by atoms with Gasteiger partial charge in [0.2, 0.25) is 0 Å². The molecule has 3 N–H and O–H groups in total. The minimum atomic E-state index is -0.326. The number of nitrogen functional groups attached to an aromatic ring is 1. The van der Waals surface area contributed by atoms with Gasteiger partial charge in [0.15, 0.2) is 16.6 Å². The third-order valence-electron chi connectivity index (χ3n) is 4.39. The molecular weight excluding hydrogens is 412 g/mol. The molecule has 0 saturated heterocycles. The summed E-state index contributed by atoms with van der Waals surface area (Å²) in [4.78, 5) is 17.0. The molecule has 31 heavy (non-hydrogen) atoms. The monoisotopic (exact) mass is 438 g/mol. The van der Waals surface area contributed by atoms with Crippen molar-refractivity contribution in [2.24, 2.45) is 5.10 Å². The molecule has 0 atom stereocenters. The van der Waals surface area contributed by atoms with Crippen molar-refractivity contribution in [1.82, 2.24) is 10.4 Å². The summed E-state index contributed by atoms with van der Waals surface area (Å²) >= 11 is 1.15. The number of carbonyl (C=O) groups is 1. The molecule has 0 aliphatic carbocycles. The third-order valence-corrected chi connectivity index (χ3v) is 5.32. The van der Waals surface area contributed by atoms with Crippen LogP contribution in [-0.4, -0.2) is 30.3 Å². The highest BCUT2D eigenvalue weighted by Gasteiger charge is 2.15. The topological polar surface area (TPSA) is 98.8 Å². The van der Waals surface area contributed by atoms with Gasteiger partial charge in [0.05, 0.1) is 25.1 Å². The molecule has 0 fully saturated rings. The van der Waals surface area contributed by atoms with Gasteiger partial charge in [0.1, 0.15) is 4.88 Å². The van der Waals surface area contributed by atoms with E-state index in [1.807, 2.05) is 50.2 Å². The van der Waals surface area contributed by atoms with E-state index in [9.17, 15) is 4.79 Å². The van der Waals surface area contributed by atoms with Crippen LogP contribution in [0.4, 0.5) is 5.13 Å². The van der Waals surface area contributed by atoms with Crippen LogP contribution < -0.4 is 20.6 Å². The van der Waals surface area contributed by atoms with Crippen molar-refractivity contribution >= 4 is 28.6 Å². The zero-order chi connectivity index (χ0) is 22.1. The fourth-order valence-electron chi connectivity index (χ4n) is 2.92. The zero-order valence-corrected chi connectivity index (χ0v) is 18.4. The average molecular weight is 439 g/mol. The lowest BCUT2D eigenvalue weighted by Gasteiger charge is -2.12. The van der Waals surface area contributed by atoms with Gasteiger partial charge in [-0.25, -0.2) is 10.4 Å². The Labute approximate surface area is 185 Å². The average Bonchev–Trinajstić information content (AvgIpc) is 3.17. The molecule has 1 heterocycles. The van der Waals surface area contributed by atoms with Crippen LogP contribution in [0.5, 0.6) is 11.5 Å². The SMILES string of the molecule is CCOc1ccc(/C=N/NC(=O)c2sc(N)nc2CC)cc1OCCc1ccccc1. The Hall–Kier alpha value is -3.39. The Kier molecular flexibility index (Phi) is 8.00. The van der Waals surface area contributed by atoms with Gasteiger partial charge in [-0.3, -0.25) is 4.79 Å². The number of hydrogen-bond acceptors (Lipinski definition) is 7. The zero-order valence-electron chi connectivity index (χ0n) is 17.6. The van der Waals surface area contributed by atoms with Crippen LogP contribution >= 0.6 is 11.3 Å². The summed E-state index contributed by atoms with van der Waals surface area (Å²) in [6, 6.07) is 15.7. The summed E-state index contributed by atoms with van der Waals surface area (Å²) in [5, 5.41) is 4.43. The molecule has 3 aromatic rings. The minimum Gasteiger partial charge on any atom is -0.490 e. The molecule has 0 aliphatic heterocycles. The Morgan fingerprint density at radius 3 is 2.71 bits per heavy atom. The second kappa shape index (κ2) is 11.1. The molecule has 0 radical (unpaired) electrons. The molecule has 2 aromatic carbocycles. The van der Waals surface area contributed by atoms with Crippen molar-refractivity contribution < 1.29 is 14.3 Å². The van der Waals surface area contributed by atoms with E-state index in [4.69, 9.17) is 15.2 Å². The first kappa shape index (κ1) is 22.3. The number of aryl methyl sites for hydroxylation is 1. The molecule has 0 saturated carbocycles. The third kappa shape index (κ3) is 6.29. The molecular formula is C23H26N4O3S. The predicted octanol–water partition coefficient (Wildman–Crippen LogP) is 4.07. The second-order valence-corrected chi connectivity index (χ2v) is 7.63. The van der Waals surface area contributed by atoms with Crippen molar-refractivity contribution in [2.45, 2.75) is 26.7 Å². The van der Waals surface area contributed by atoms with E-state index in [0.29, 0.717) is 46.8 Å². The van der Waals surface area contributed by atoms with Crippen LogP contribution in [0.15, 0.2) is 53.6 Å². The van der Waals surface area contributed by atoms with E-state index in [2.05, 4.69) is 27.6 Å². The molecule has 7 nitrogen and oxygen atoms in total. The number of hydrogen-bond donors (Lipinski definition) is 2. The lowest BCUT2D eigenvalue weighted by Crippen LogP contribution is -2.17. The lowest BCUT2D eigenvalue weighted by molar-refractivity contribution is 0.0958. The Morgan fingerprint density at radius 1 is 1.16 bits per heavy atom. The number of aromatic nitrogens is 1. The quantitative estimate of drug-likeness (QED) is 0.367. The van der Waals surface area contributed by atoms with Gasteiger partial charge in [-0.15, -0.1) is 0 Å². The number of nitrogens with zero attached hydrogens (tertiary/aromatic N) is 2. The minimum absolute atomic E-state index is 0.326. The van der Waals surface area contributed by atoms with E-state index in [0.717, 1.165) is 23.3 Å². The number of nitrogens with two attached hydrogens (primary N) is 1. The van der Waals surface area contributed by atoms with E-state index >= 15 is 0 Å². The number of thiazole rings is 1. The molecule has 3 rings (SSSR count). The van der Waals surface area contributed by atoms with Gasteiger partial charge >= 0.3 is 0 Å². The van der Waals surface area contributed by atoms with Crippen LogP contribution in [0.1, 0.15) is 40.3 Å². The smallest absolute Gasteiger partial charge is 0.283 e. The molecule has 1 amide bonds. The standard InChI is InChI=1S/C23H26N4O3S/c1-3-18-21(31-23(24)26-18)22(28)27-25-15-17-10-11-19(29-4-2)20(14-17)30-13-12-16-8-6-5-7-9-16/h5-11,14-15H,3-4,12-13H2,1-2H3,(H2,24,26)(H,27,28)/b25-15+. The summed E-state index contributed by atoms with van der Waals surface area (Å²) in [6.45, 7) is 4.91. The summed E-state index contributed by atoms with van der Waals surface area (Å²) in [7, 11) is 0. The fourth-order valence-corrected chi connectivity index (χ4v) is 3.73. The van der Waals surface area contributed by atoms with Crippen LogP contribution in [-0.2, 0) is 12.8 Å². The Balaban J connectivity index is 1.65. The normalized spacial score (nSPS) is 10.9. The van der Waals surface area contributed by atoms with Crippen LogP contribution in [0.2, 0.25) is 0 Å². The maximum absolute atomic E-state index is 12.4. The molecule has 0 spiro atoms. The van der Waals surface area contributed by atoms with Crippen molar-refractivity contribution in [3.05, 3.63) is 70.2 Å². The van der Waals surface area contributed by atoms with Crippen molar-refractivity contribution in [3.8, 4) is 11.5 Å². The number of carbonyl (C=O) groups excluding carboxylic acids is 1. The fraction of sp³-hybridized carbons (Fsp3) is 0.261. The van der Waals surface area contributed by atoms with Gasteiger partial charge in [0.25, 0.3) is 5.91 Å². The van der Waals surface area contributed by atoms with Crippen molar-refractivity contribution in [1.29, 1.82) is 0 Å². The van der Waals surface area contributed by atoms with Gasteiger partial charge in [-0.2, -0.15) is 5.10 Å². The molecule has 1 aromatic heterocycles. The lowest BCUT2D eigenvalue weighted by atomic mass is 10.2. The maximum atomic E-state index is 12.4. The molecule has 0 aliphatic rings. The van der Waals surface area contributed by atoms with Crippen molar-refractivity contribution in [3.63, 3.8) is 0 Å². The van der Waals surface area contributed by atoms with E-state index in [1.165, 1.54) is 5.56 Å². The van der Waals surface area contributed by atoms with E-state index < -0.39 is 0 Å². The summed E-state index contributed by atoms with van der Waals surface area (Å²) < 4.78 is 11.6. The number of hydrazone groups is 1. The molecule has 0 bridgehead atoms. The van der Waals surface area contributed by atoms with Crippen molar-refractivity contribution in [2.75, 3.05) is 18.9 Å². The van der Waals surface area contributed by atoms with Crippen LogP contribution in [0.3, 0.4) is 0 Å². The number of amides is 1. The maximum Gasteiger partial charge on any atom is 0.283 e. The number of benzene rings is 2. The molecule has 162 valence electrons. The summed E-state index contributed by atoms with van der Waals surface area (Å²) in [5.74, 6) is 0.980. The number of ether oxygens (including phenoxy) is 2. The van der Waals surface area contributed by atoms with Gasteiger partial charge in [0, 0.05) is 6.42 Å². The summed E-state index contributed by atoms with van der Waals surface area (Å²) in [6.07, 6.45) is 2.98. The first-order valence-corrected chi connectivity index (χ1v) is 10.9. The van der Waals surface area contributed by atoms with Gasteiger partial charge in [-0.05, 0) is 42.7 Å². The van der Waals surface area contributed by atoms with Crippen LogP contribution in [0.25, 0.3) is 0 Å². The Bertz CT molecular complexity index is 1030. The van der Waals surface area contributed by atoms with E-state index in [-0.39, 0.29) is 5.91 Å². The molecule has 8 heteroatoms. The number of anilines is 1. The number of nitrogens with one attached hydrogen (secondary N) is 1. The largest absolute Gasteiger partial charge is 0.490 e. The highest BCUT2D eigenvalue weighted by molar-refractivity contribution is 7.17.